The van der Waals surface area contributed by atoms with Gasteiger partial charge in [0.25, 0.3) is 5.56 Å². The van der Waals surface area contributed by atoms with Crippen LogP contribution in [0.3, 0.4) is 0 Å². The van der Waals surface area contributed by atoms with Crippen molar-refractivity contribution in [2.24, 2.45) is 5.92 Å². The Labute approximate surface area is 161 Å². The Kier molecular flexibility index (Phi) is 5.49. The van der Waals surface area contributed by atoms with Crippen LogP contribution >= 0.6 is 23.1 Å². The molecule has 3 aromatic rings. The fourth-order valence-corrected chi connectivity index (χ4v) is 4.85. The predicted octanol–water partition coefficient (Wildman–Crippen LogP) is 4.89. The highest BCUT2D eigenvalue weighted by Gasteiger charge is 2.17. The summed E-state index contributed by atoms with van der Waals surface area (Å²) < 4.78 is 1.81. The highest BCUT2D eigenvalue weighted by molar-refractivity contribution is 7.98. The van der Waals surface area contributed by atoms with Gasteiger partial charge in [0, 0.05) is 17.2 Å². The molecule has 0 bridgehead atoms. The SMILES string of the molecule is Cc1sc2nc(SCc3cccc(C#N)c3)n(CC(C)C)c(=O)c2c1C. The summed E-state index contributed by atoms with van der Waals surface area (Å²) in [4.78, 5) is 19.9. The smallest absolute Gasteiger partial charge is 0.263 e. The van der Waals surface area contributed by atoms with Gasteiger partial charge in [0.1, 0.15) is 4.83 Å². The van der Waals surface area contributed by atoms with E-state index in [0.29, 0.717) is 23.8 Å². The number of rotatable bonds is 5. The number of fused-ring (bicyclic) bond motifs is 1. The standard InChI is InChI=1S/C20H21N3OS2/c1-12(2)10-23-19(24)17-13(3)14(4)26-18(17)22-20(23)25-11-16-7-5-6-15(8-16)9-21/h5-8,12H,10-11H2,1-4H3. The molecule has 0 aliphatic heterocycles. The third-order valence-electron chi connectivity index (χ3n) is 4.23. The molecule has 6 heteroatoms. The monoisotopic (exact) mass is 383 g/mol. The van der Waals surface area contributed by atoms with Crippen LogP contribution in [0, 0.1) is 31.1 Å². The van der Waals surface area contributed by atoms with E-state index in [1.165, 1.54) is 0 Å². The van der Waals surface area contributed by atoms with Crippen molar-refractivity contribution >= 4 is 33.3 Å². The summed E-state index contributed by atoms with van der Waals surface area (Å²) >= 11 is 3.14. The van der Waals surface area contributed by atoms with Gasteiger partial charge in [-0.15, -0.1) is 11.3 Å². The van der Waals surface area contributed by atoms with Crippen LogP contribution in [0.1, 0.15) is 35.4 Å². The Morgan fingerprint density at radius 1 is 1.35 bits per heavy atom. The second-order valence-corrected chi connectivity index (χ2v) is 8.91. The summed E-state index contributed by atoms with van der Waals surface area (Å²) in [7, 11) is 0. The molecule has 0 saturated heterocycles. The third kappa shape index (κ3) is 3.69. The molecule has 0 unspecified atom stereocenters. The van der Waals surface area contributed by atoms with Gasteiger partial charge in [-0.05, 0) is 43.0 Å². The molecule has 0 aliphatic carbocycles. The van der Waals surface area contributed by atoms with E-state index in [2.05, 4.69) is 19.9 Å². The number of hydrogen-bond acceptors (Lipinski definition) is 5. The maximum atomic E-state index is 13.1. The molecule has 26 heavy (non-hydrogen) atoms. The molecule has 4 nitrogen and oxygen atoms in total. The molecular formula is C20H21N3OS2. The maximum Gasteiger partial charge on any atom is 0.263 e. The molecular weight excluding hydrogens is 362 g/mol. The molecule has 0 N–H and O–H groups in total. The van der Waals surface area contributed by atoms with Gasteiger partial charge in [0.15, 0.2) is 5.16 Å². The second-order valence-electron chi connectivity index (χ2n) is 6.77. The summed E-state index contributed by atoms with van der Waals surface area (Å²) in [5.74, 6) is 1.03. The van der Waals surface area contributed by atoms with Crippen LogP contribution < -0.4 is 5.56 Å². The summed E-state index contributed by atoms with van der Waals surface area (Å²) in [5.41, 5.74) is 2.80. The Bertz CT molecular complexity index is 1060. The zero-order valence-electron chi connectivity index (χ0n) is 15.4. The van der Waals surface area contributed by atoms with Crippen molar-refractivity contribution in [2.75, 3.05) is 0 Å². The lowest BCUT2D eigenvalue weighted by atomic mass is 10.2. The van der Waals surface area contributed by atoms with Gasteiger partial charge in [-0.2, -0.15) is 5.26 Å². The van der Waals surface area contributed by atoms with E-state index in [1.807, 2.05) is 36.6 Å². The van der Waals surface area contributed by atoms with E-state index in [1.54, 1.807) is 29.2 Å². The lowest BCUT2D eigenvalue weighted by molar-refractivity contribution is 0.475. The Morgan fingerprint density at radius 3 is 2.81 bits per heavy atom. The van der Waals surface area contributed by atoms with Crippen LogP contribution in [0.25, 0.3) is 10.2 Å². The average Bonchev–Trinajstić information content (AvgIpc) is 2.90. The third-order valence-corrected chi connectivity index (χ3v) is 6.37. The van der Waals surface area contributed by atoms with E-state index in [0.717, 1.165) is 31.4 Å². The van der Waals surface area contributed by atoms with Crippen LogP contribution in [-0.2, 0) is 12.3 Å². The van der Waals surface area contributed by atoms with Crippen LogP contribution in [-0.4, -0.2) is 9.55 Å². The fourth-order valence-electron chi connectivity index (χ4n) is 2.82. The quantitative estimate of drug-likeness (QED) is 0.465. The zero-order valence-corrected chi connectivity index (χ0v) is 17.0. The van der Waals surface area contributed by atoms with Crippen LogP contribution in [0.5, 0.6) is 0 Å². The highest BCUT2D eigenvalue weighted by atomic mass is 32.2. The van der Waals surface area contributed by atoms with Gasteiger partial charge in [-0.3, -0.25) is 9.36 Å². The first-order chi connectivity index (χ1) is 12.4. The van der Waals surface area contributed by atoms with Gasteiger partial charge >= 0.3 is 0 Å². The summed E-state index contributed by atoms with van der Waals surface area (Å²) in [6.07, 6.45) is 0. The van der Waals surface area contributed by atoms with Gasteiger partial charge < -0.3 is 0 Å². The van der Waals surface area contributed by atoms with Crippen molar-refractivity contribution in [3.05, 3.63) is 56.2 Å². The molecule has 0 saturated carbocycles. The molecule has 0 radical (unpaired) electrons. The molecule has 0 fully saturated rings. The molecule has 0 amide bonds. The van der Waals surface area contributed by atoms with Crippen molar-refractivity contribution < 1.29 is 0 Å². The number of aromatic nitrogens is 2. The molecule has 2 heterocycles. The fraction of sp³-hybridized carbons (Fsp3) is 0.350. The largest absolute Gasteiger partial charge is 0.287 e. The minimum Gasteiger partial charge on any atom is -0.287 e. The van der Waals surface area contributed by atoms with E-state index in [4.69, 9.17) is 10.2 Å². The minimum absolute atomic E-state index is 0.0545. The molecule has 1 aromatic carbocycles. The van der Waals surface area contributed by atoms with Crippen molar-refractivity contribution in [3.8, 4) is 6.07 Å². The lowest BCUT2D eigenvalue weighted by Crippen LogP contribution is -2.25. The molecule has 0 atom stereocenters. The maximum absolute atomic E-state index is 13.1. The van der Waals surface area contributed by atoms with Crippen LogP contribution in [0.2, 0.25) is 0 Å². The van der Waals surface area contributed by atoms with E-state index in [-0.39, 0.29) is 5.56 Å². The average molecular weight is 384 g/mol. The summed E-state index contributed by atoms with van der Waals surface area (Å²) in [6.45, 7) is 8.89. The van der Waals surface area contributed by atoms with E-state index < -0.39 is 0 Å². The number of benzene rings is 1. The molecule has 134 valence electrons. The van der Waals surface area contributed by atoms with E-state index >= 15 is 0 Å². The number of hydrogen-bond donors (Lipinski definition) is 0. The lowest BCUT2D eigenvalue weighted by Gasteiger charge is -2.14. The topological polar surface area (TPSA) is 58.7 Å². The first kappa shape index (κ1) is 18.7. The van der Waals surface area contributed by atoms with Crippen LogP contribution in [0.15, 0.2) is 34.2 Å². The Hall–Kier alpha value is -2.10. The van der Waals surface area contributed by atoms with Crippen molar-refractivity contribution in [1.82, 2.24) is 9.55 Å². The number of nitrogens with zero attached hydrogens (tertiary/aromatic N) is 3. The minimum atomic E-state index is 0.0545. The predicted molar refractivity (Wildman–Crippen MR) is 109 cm³/mol. The Balaban J connectivity index is 2.03. The summed E-state index contributed by atoms with van der Waals surface area (Å²) in [6, 6.07) is 9.73. The first-order valence-corrected chi connectivity index (χ1v) is 10.3. The zero-order chi connectivity index (χ0) is 18.8. The number of nitriles is 1. The molecule has 0 aliphatic rings. The van der Waals surface area contributed by atoms with Gasteiger partial charge in [-0.25, -0.2) is 4.98 Å². The van der Waals surface area contributed by atoms with Crippen molar-refractivity contribution in [2.45, 2.75) is 45.1 Å². The van der Waals surface area contributed by atoms with Crippen molar-refractivity contribution in [1.29, 1.82) is 5.26 Å². The number of thioether (sulfide) groups is 1. The van der Waals surface area contributed by atoms with Gasteiger partial charge in [0.2, 0.25) is 0 Å². The Morgan fingerprint density at radius 2 is 2.12 bits per heavy atom. The van der Waals surface area contributed by atoms with Gasteiger partial charge in [-0.1, -0.05) is 37.7 Å². The number of aryl methyl sites for hydroxylation is 2. The molecule has 3 rings (SSSR count). The van der Waals surface area contributed by atoms with E-state index in [9.17, 15) is 4.79 Å². The molecule has 0 spiro atoms. The van der Waals surface area contributed by atoms with Crippen molar-refractivity contribution in [3.63, 3.8) is 0 Å². The first-order valence-electron chi connectivity index (χ1n) is 8.53. The van der Waals surface area contributed by atoms with Gasteiger partial charge in [0.05, 0.1) is 17.0 Å². The highest BCUT2D eigenvalue weighted by Crippen LogP contribution is 2.29. The van der Waals surface area contributed by atoms with Crippen LogP contribution in [0.4, 0.5) is 0 Å². The number of thiophene rings is 1. The second kappa shape index (κ2) is 7.65. The molecule has 2 aromatic heterocycles. The summed E-state index contributed by atoms with van der Waals surface area (Å²) in [5, 5.41) is 10.6. The normalized spacial score (nSPS) is 11.2.